The van der Waals surface area contributed by atoms with Crippen LogP contribution in [0.25, 0.3) is 16.7 Å². The first-order chi connectivity index (χ1) is 18.7. The molecule has 4 rings (SSSR count). The standard InChI is InChI=1S/C31H37ClN6O2.CH4/c1-10-25(39)36-16-21(6)37(17-20(36)5)28-22-15-23(32)24(11-13-31(7,8)9)34-29(22)38(30(40)35-28)27-19(4)12-14-33-26(27)18(2)3;/h10,12,14-15,18,20-21H,1,16-17H2,2-9H3;1H4/t20-,21+;/m1./s1. The Morgan fingerprint density at radius 2 is 1.88 bits per heavy atom. The lowest BCUT2D eigenvalue weighted by atomic mass is 9.98. The maximum Gasteiger partial charge on any atom is 0.355 e. The molecule has 0 spiro atoms. The van der Waals surface area contributed by atoms with Gasteiger partial charge < -0.3 is 9.80 Å². The summed E-state index contributed by atoms with van der Waals surface area (Å²) >= 11 is 6.77. The minimum absolute atomic E-state index is 0. The number of hydrogen-bond donors (Lipinski definition) is 0. The number of rotatable bonds is 4. The highest BCUT2D eigenvalue weighted by atomic mass is 35.5. The lowest BCUT2D eigenvalue weighted by Gasteiger charge is -2.44. The van der Waals surface area contributed by atoms with Crippen molar-refractivity contribution in [1.29, 1.82) is 0 Å². The summed E-state index contributed by atoms with van der Waals surface area (Å²) in [6.07, 6.45) is 3.08. The van der Waals surface area contributed by atoms with Gasteiger partial charge in [-0.2, -0.15) is 4.98 Å². The molecule has 0 aromatic carbocycles. The number of fused-ring (bicyclic) bond motifs is 1. The summed E-state index contributed by atoms with van der Waals surface area (Å²) in [6, 6.07) is 3.45. The second-order valence-corrected chi connectivity index (χ2v) is 12.2. The van der Waals surface area contributed by atoms with Crippen LogP contribution in [0, 0.1) is 24.2 Å². The highest BCUT2D eigenvalue weighted by molar-refractivity contribution is 6.32. The number of carbonyl (C=O) groups excluding carboxylic acids is 1. The van der Waals surface area contributed by atoms with Crippen LogP contribution >= 0.6 is 11.6 Å². The fourth-order valence-corrected chi connectivity index (χ4v) is 5.19. The molecule has 0 aliphatic carbocycles. The second kappa shape index (κ2) is 12.0. The van der Waals surface area contributed by atoms with Crippen LogP contribution in [-0.4, -0.2) is 55.5 Å². The van der Waals surface area contributed by atoms with Gasteiger partial charge >= 0.3 is 5.69 Å². The molecule has 3 aromatic rings. The Bertz CT molecular complexity index is 1610. The third-order valence-electron chi connectivity index (χ3n) is 7.00. The van der Waals surface area contributed by atoms with Gasteiger partial charge in [0.1, 0.15) is 11.5 Å². The second-order valence-electron chi connectivity index (χ2n) is 11.8. The van der Waals surface area contributed by atoms with Crippen molar-refractivity contribution >= 4 is 34.4 Å². The fourth-order valence-electron chi connectivity index (χ4n) is 4.99. The molecule has 9 heteroatoms. The monoisotopic (exact) mass is 576 g/mol. The number of aromatic nitrogens is 4. The van der Waals surface area contributed by atoms with Crippen molar-refractivity contribution in [3.63, 3.8) is 0 Å². The van der Waals surface area contributed by atoms with Gasteiger partial charge in [-0.25, -0.2) is 14.3 Å². The van der Waals surface area contributed by atoms with Gasteiger partial charge in [-0.1, -0.05) is 45.4 Å². The van der Waals surface area contributed by atoms with Crippen LogP contribution in [0.2, 0.25) is 5.02 Å². The van der Waals surface area contributed by atoms with Crippen molar-refractivity contribution in [3.05, 3.63) is 63.4 Å². The van der Waals surface area contributed by atoms with Crippen LogP contribution in [0.15, 0.2) is 35.8 Å². The van der Waals surface area contributed by atoms with Gasteiger partial charge in [-0.3, -0.25) is 9.78 Å². The fraction of sp³-hybridized carbons (Fsp3) is 0.469. The molecule has 1 amide bonds. The Balaban J connectivity index is 0.00000462. The number of anilines is 1. The summed E-state index contributed by atoms with van der Waals surface area (Å²) in [4.78, 5) is 44.4. The smallest absolute Gasteiger partial charge is 0.349 e. The lowest BCUT2D eigenvalue weighted by molar-refractivity contribution is -0.128. The zero-order chi connectivity index (χ0) is 29.5. The number of aryl methyl sites for hydroxylation is 1. The topological polar surface area (TPSA) is 84.2 Å². The molecule has 0 saturated carbocycles. The average Bonchev–Trinajstić information content (AvgIpc) is 2.88. The van der Waals surface area contributed by atoms with Crippen LogP contribution < -0.4 is 10.6 Å². The molecule has 1 aliphatic rings. The van der Waals surface area contributed by atoms with Crippen molar-refractivity contribution in [2.75, 3.05) is 18.0 Å². The van der Waals surface area contributed by atoms with E-state index in [0.29, 0.717) is 46.3 Å². The summed E-state index contributed by atoms with van der Waals surface area (Å²) < 4.78 is 1.54. The van der Waals surface area contributed by atoms with E-state index >= 15 is 0 Å². The third-order valence-corrected chi connectivity index (χ3v) is 7.29. The van der Waals surface area contributed by atoms with E-state index in [4.69, 9.17) is 16.6 Å². The van der Waals surface area contributed by atoms with E-state index < -0.39 is 5.69 Å². The molecule has 218 valence electrons. The van der Waals surface area contributed by atoms with Crippen LogP contribution in [0.3, 0.4) is 0 Å². The number of nitrogens with zero attached hydrogens (tertiary/aromatic N) is 6. The zero-order valence-corrected chi connectivity index (χ0v) is 25.3. The summed E-state index contributed by atoms with van der Waals surface area (Å²) in [5.41, 5.74) is 2.41. The Morgan fingerprint density at radius 3 is 2.49 bits per heavy atom. The molecule has 41 heavy (non-hydrogen) atoms. The van der Waals surface area contributed by atoms with Gasteiger partial charge in [0, 0.05) is 36.8 Å². The van der Waals surface area contributed by atoms with Crippen molar-refractivity contribution in [1.82, 2.24) is 24.4 Å². The van der Waals surface area contributed by atoms with Crippen molar-refractivity contribution in [3.8, 4) is 17.5 Å². The minimum Gasteiger partial charge on any atom is -0.349 e. The average molecular weight is 577 g/mol. The van der Waals surface area contributed by atoms with E-state index in [1.54, 1.807) is 21.7 Å². The van der Waals surface area contributed by atoms with Crippen LogP contribution in [0.1, 0.15) is 78.8 Å². The minimum atomic E-state index is -0.463. The van der Waals surface area contributed by atoms with Crippen LogP contribution in [0.4, 0.5) is 5.82 Å². The number of hydrogen-bond acceptors (Lipinski definition) is 6. The number of piperazine rings is 1. The van der Waals surface area contributed by atoms with E-state index in [2.05, 4.69) is 33.3 Å². The SMILES string of the molecule is C.C=CC(=O)N1C[C@H](C)N(c2nc(=O)n(-c3c(C)ccnc3C(C)C)c3nc(C#CC(C)(C)C)c(Cl)cc23)C[C@H]1C. The largest absolute Gasteiger partial charge is 0.355 e. The molecule has 1 aliphatic heterocycles. The molecule has 4 heterocycles. The van der Waals surface area contributed by atoms with Gasteiger partial charge in [0.2, 0.25) is 5.91 Å². The van der Waals surface area contributed by atoms with E-state index in [0.717, 1.165) is 11.3 Å². The maximum absolute atomic E-state index is 14.0. The first kappa shape index (κ1) is 31.8. The molecule has 8 nitrogen and oxygen atoms in total. The highest BCUT2D eigenvalue weighted by Crippen LogP contribution is 2.33. The van der Waals surface area contributed by atoms with Crippen molar-refractivity contribution in [2.45, 2.75) is 80.8 Å². The molecule has 2 atom stereocenters. The number of pyridine rings is 2. The molecule has 0 bridgehead atoms. The summed E-state index contributed by atoms with van der Waals surface area (Å²) in [5.74, 6) is 6.75. The summed E-state index contributed by atoms with van der Waals surface area (Å²) in [5, 5.41) is 1.01. The normalized spacial score (nSPS) is 17.2. The number of halogens is 1. The maximum atomic E-state index is 14.0. The Hall–Kier alpha value is -3.70. The first-order valence-corrected chi connectivity index (χ1v) is 13.9. The predicted octanol–water partition coefficient (Wildman–Crippen LogP) is 5.91. The Kier molecular flexibility index (Phi) is 9.34. The summed E-state index contributed by atoms with van der Waals surface area (Å²) in [6.45, 7) is 20.6. The van der Waals surface area contributed by atoms with Gasteiger partial charge in [0.05, 0.1) is 21.8 Å². The van der Waals surface area contributed by atoms with E-state index in [9.17, 15) is 9.59 Å². The third kappa shape index (κ3) is 6.31. The predicted molar refractivity (Wildman–Crippen MR) is 168 cm³/mol. The molecule has 1 fully saturated rings. The summed E-state index contributed by atoms with van der Waals surface area (Å²) in [7, 11) is 0. The van der Waals surface area contributed by atoms with E-state index in [1.165, 1.54) is 6.08 Å². The van der Waals surface area contributed by atoms with Crippen LogP contribution in [0.5, 0.6) is 0 Å². The molecule has 0 unspecified atom stereocenters. The van der Waals surface area contributed by atoms with Gasteiger partial charge in [0.15, 0.2) is 5.65 Å². The quantitative estimate of drug-likeness (QED) is 0.284. The molecule has 0 N–H and O–H groups in total. The lowest BCUT2D eigenvalue weighted by Crippen LogP contribution is -2.58. The molecular formula is C32H41ClN6O2. The number of carbonyl (C=O) groups is 1. The molecule has 3 aromatic heterocycles. The van der Waals surface area contributed by atoms with E-state index in [1.807, 2.05) is 61.5 Å². The Labute approximate surface area is 248 Å². The first-order valence-electron chi connectivity index (χ1n) is 13.6. The van der Waals surface area contributed by atoms with Gasteiger partial charge in [-0.15, -0.1) is 0 Å². The molecule has 0 radical (unpaired) electrons. The van der Waals surface area contributed by atoms with Crippen molar-refractivity contribution < 1.29 is 4.79 Å². The van der Waals surface area contributed by atoms with Crippen molar-refractivity contribution in [2.24, 2.45) is 5.41 Å². The zero-order valence-electron chi connectivity index (χ0n) is 24.5. The van der Waals surface area contributed by atoms with Gasteiger partial charge in [0.25, 0.3) is 0 Å². The van der Waals surface area contributed by atoms with E-state index in [-0.39, 0.29) is 36.8 Å². The molecule has 1 saturated heterocycles. The number of amides is 1. The highest BCUT2D eigenvalue weighted by Gasteiger charge is 2.34. The Morgan fingerprint density at radius 1 is 1.20 bits per heavy atom. The van der Waals surface area contributed by atoms with Crippen LogP contribution in [-0.2, 0) is 4.79 Å². The van der Waals surface area contributed by atoms with Gasteiger partial charge in [-0.05, 0) is 77.2 Å². The molecular weight excluding hydrogens is 536 g/mol.